The number of hydrogen-bond acceptors (Lipinski definition) is 0. The molecule has 0 aliphatic rings. The van der Waals surface area contributed by atoms with Crippen LogP contribution in [0, 0.1) is 12.9 Å². The van der Waals surface area contributed by atoms with Gasteiger partial charge < -0.3 is 4.74 Å². The van der Waals surface area contributed by atoms with E-state index < -0.39 is 0 Å². The minimum Gasteiger partial charge on any atom is -0.578 e. The largest absolute Gasteiger partial charge is 0.578 e. The second-order valence-electron chi connectivity index (χ2n) is 2.01. The van der Waals surface area contributed by atoms with E-state index in [9.17, 15) is 4.39 Å². The zero-order chi connectivity index (χ0) is 7.40. The van der Waals surface area contributed by atoms with Gasteiger partial charge in [0.1, 0.15) is 12.4 Å². The Morgan fingerprint density at radius 1 is 1.30 bits per heavy atom. The van der Waals surface area contributed by atoms with Crippen molar-refractivity contribution in [1.29, 1.82) is 0 Å². The normalized spacial score (nSPS) is 9.80. The fourth-order valence-electron chi connectivity index (χ4n) is 0.719. The van der Waals surface area contributed by atoms with Crippen LogP contribution in [-0.4, -0.2) is 4.74 Å². The third-order valence-electron chi connectivity index (χ3n) is 1.21. The lowest BCUT2D eigenvalue weighted by molar-refractivity contribution is 0.0400. The Labute approximate surface area is 59.4 Å². The van der Waals surface area contributed by atoms with Crippen molar-refractivity contribution < 1.29 is 9.13 Å². The Hall–Kier alpha value is -0.890. The highest BCUT2D eigenvalue weighted by Gasteiger charge is 1.91. The van der Waals surface area contributed by atoms with Gasteiger partial charge in [-0.25, -0.2) is 4.39 Å². The van der Waals surface area contributed by atoms with Crippen molar-refractivity contribution in [3.8, 4) is 0 Å². The molecule has 0 atom stereocenters. The molecule has 0 bridgehead atoms. The maximum atomic E-state index is 12.3. The molecule has 1 nitrogen and oxygen atoms in total. The lowest BCUT2D eigenvalue weighted by atomic mass is 10.2. The van der Waals surface area contributed by atoms with Crippen LogP contribution in [0.2, 0.25) is 0 Å². The SMILES string of the molecule is [CH2-][OH+]Cc1ccc(F)cc1. The van der Waals surface area contributed by atoms with E-state index in [-0.39, 0.29) is 5.82 Å². The highest BCUT2D eigenvalue weighted by atomic mass is 19.1. The summed E-state index contributed by atoms with van der Waals surface area (Å²) in [6.07, 6.45) is 0. The van der Waals surface area contributed by atoms with E-state index in [1.807, 2.05) is 0 Å². The summed E-state index contributed by atoms with van der Waals surface area (Å²) in [6.45, 7) is 0.556. The van der Waals surface area contributed by atoms with Crippen LogP contribution in [0.1, 0.15) is 5.56 Å². The van der Waals surface area contributed by atoms with Crippen LogP contribution in [0.25, 0.3) is 0 Å². The van der Waals surface area contributed by atoms with Gasteiger partial charge in [-0.1, -0.05) is 7.11 Å². The standard InChI is InChI=1S/C8H9FO/c1-10-6-7-2-4-8(9)5-3-7/h2-5,10H,1,6H2. The Bertz CT molecular complexity index is 193. The van der Waals surface area contributed by atoms with Crippen molar-refractivity contribution in [2.45, 2.75) is 6.61 Å². The first kappa shape index (κ1) is 7.22. The topological polar surface area (TPSA) is 12.8 Å². The summed E-state index contributed by atoms with van der Waals surface area (Å²) in [7, 11) is 3.33. The van der Waals surface area contributed by atoms with E-state index in [4.69, 9.17) is 0 Å². The molecule has 1 aromatic carbocycles. The predicted molar refractivity (Wildman–Crippen MR) is 37.7 cm³/mol. The maximum absolute atomic E-state index is 12.3. The molecule has 0 fully saturated rings. The third-order valence-corrected chi connectivity index (χ3v) is 1.21. The summed E-state index contributed by atoms with van der Waals surface area (Å²) in [5.41, 5.74) is 0.983. The molecule has 0 heterocycles. The zero-order valence-corrected chi connectivity index (χ0v) is 5.55. The molecule has 0 amide bonds. The van der Waals surface area contributed by atoms with Crippen molar-refractivity contribution in [1.82, 2.24) is 0 Å². The van der Waals surface area contributed by atoms with Gasteiger partial charge in [0.15, 0.2) is 0 Å². The molecule has 0 aliphatic carbocycles. The van der Waals surface area contributed by atoms with Crippen LogP contribution in [0.3, 0.4) is 0 Å². The molecule has 2 heteroatoms. The highest BCUT2D eigenvalue weighted by Crippen LogP contribution is 2.02. The number of rotatable bonds is 2. The van der Waals surface area contributed by atoms with Gasteiger partial charge in [0.2, 0.25) is 0 Å². The lowest BCUT2D eigenvalue weighted by Crippen LogP contribution is -1.88. The molecular formula is C8H9FO. The van der Waals surface area contributed by atoms with Crippen molar-refractivity contribution in [3.63, 3.8) is 0 Å². The minimum atomic E-state index is -0.215. The van der Waals surface area contributed by atoms with Crippen molar-refractivity contribution in [3.05, 3.63) is 42.8 Å². The van der Waals surface area contributed by atoms with Crippen molar-refractivity contribution in [2.24, 2.45) is 0 Å². The van der Waals surface area contributed by atoms with E-state index in [1.165, 1.54) is 12.1 Å². The molecule has 1 aromatic rings. The van der Waals surface area contributed by atoms with Crippen LogP contribution in [0.4, 0.5) is 4.39 Å². The van der Waals surface area contributed by atoms with Crippen LogP contribution in [0.15, 0.2) is 24.3 Å². The Balaban J connectivity index is 2.69. The summed E-state index contributed by atoms with van der Waals surface area (Å²) in [4.78, 5) is 0. The molecule has 0 saturated heterocycles. The fraction of sp³-hybridized carbons (Fsp3) is 0.125. The average molecular weight is 140 g/mol. The molecule has 0 unspecified atom stereocenters. The molecule has 0 aromatic heterocycles. The smallest absolute Gasteiger partial charge is 0.145 e. The van der Waals surface area contributed by atoms with E-state index in [2.05, 4.69) is 11.8 Å². The lowest BCUT2D eigenvalue weighted by Gasteiger charge is -1.98. The molecule has 0 radical (unpaired) electrons. The van der Waals surface area contributed by atoms with E-state index in [1.54, 1.807) is 12.1 Å². The molecule has 10 heavy (non-hydrogen) atoms. The first-order valence-electron chi connectivity index (χ1n) is 3.00. The van der Waals surface area contributed by atoms with Crippen LogP contribution in [0.5, 0.6) is 0 Å². The predicted octanol–water partition coefficient (Wildman–Crippen LogP) is 1.65. The molecular weight excluding hydrogens is 131 g/mol. The second kappa shape index (κ2) is 3.32. The molecule has 54 valence electrons. The maximum Gasteiger partial charge on any atom is 0.145 e. The second-order valence-corrected chi connectivity index (χ2v) is 2.01. The summed E-state index contributed by atoms with van der Waals surface area (Å²) in [6, 6.07) is 6.23. The number of aliphatic hydroxyl groups is 2. The van der Waals surface area contributed by atoms with E-state index in [0.717, 1.165) is 5.56 Å². The van der Waals surface area contributed by atoms with Gasteiger partial charge in [0, 0.05) is 5.56 Å². The Morgan fingerprint density at radius 3 is 2.40 bits per heavy atom. The van der Waals surface area contributed by atoms with E-state index >= 15 is 0 Å². The first-order valence-corrected chi connectivity index (χ1v) is 3.00. The number of ether oxygens (including phenoxy) is 1. The molecule has 0 aliphatic heterocycles. The Kier molecular flexibility index (Phi) is 2.40. The summed E-state index contributed by atoms with van der Waals surface area (Å²) < 4.78 is 15.9. The van der Waals surface area contributed by atoms with Crippen molar-refractivity contribution >= 4 is 0 Å². The van der Waals surface area contributed by atoms with E-state index in [0.29, 0.717) is 6.61 Å². The third kappa shape index (κ3) is 1.81. The first-order chi connectivity index (χ1) is 4.83. The summed E-state index contributed by atoms with van der Waals surface area (Å²) >= 11 is 0. The fourth-order valence-corrected chi connectivity index (χ4v) is 0.719. The summed E-state index contributed by atoms with van der Waals surface area (Å²) in [5.74, 6) is -0.215. The molecule has 1 rings (SSSR count). The quantitative estimate of drug-likeness (QED) is 0.437. The van der Waals surface area contributed by atoms with Gasteiger partial charge >= 0.3 is 0 Å². The highest BCUT2D eigenvalue weighted by molar-refractivity contribution is 5.14. The van der Waals surface area contributed by atoms with Crippen molar-refractivity contribution in [2.75, 3.05) is 0 Å². The monoisotopic (exact) mass is 140 g/mol. The van der Waals surface area contributed by atoms with Gasteiger partial charge in [-0.2, -0.15) is 0 Å². The molecule has 0 spiro atoms. The number of halogens is 1. The van der Waals surface area contributed by atoms with Gasteiger partial charge in [-0.05, 0) is 24.3 Å². The zero-order valence-electron chi connectivity index (χ0n) is 5.55. The molecule has 0 saturated carbocycles. The number of benzene rings is 1. The van der Waals surface area contributed by atoms with Crippen LogP contribution >= 0.6 is 0 Å². The molecule has 1 N–H and O–H groups in total. The van der Waals surface area contributed by atoms with Gasteiger partial charge in [0.25, 0.3) is 0 Å². The Morgan fingerprint density at radius 2 is 1.90 bits per heavy atom. The summed E-state index contributed by atoms with van der Waals surface area (Å²) in [5, 5.41) is 0. The average Bonchev–Trinajstić information content (AvgIpc) is 1.95. The van der Waals surface area contributed by atoms with Gasteiger partial charge in [-0.3, -0.25) is 0 Å². The number of hydrogen-bond donors (Lipinski definition) is 0. The van der Waals surface area contributed by atoms with Gasteiger partial charge in [-0.15, -0.1) is 0 Å². The van der Waals surface area contributed by atoms with Crippen LogP contribution < -0.4 is 0 Å². The minimum absolute atomic E-state index is 0.215. The van der Waals surface area contributed by atoms with Crippen LogP contribution in [-0.2, 0) is 6.61 Å². The van der Waals surface area contributed by atoms with Gasteiger partial charge in [0.05, 0.1) is 0 Å².